The van der Waals surface area contributed by atoms with Crippen molar-refractivity contribution in [3.05, 3.63) is 126 Å². The van der Waals surface area contributed by atoms with Crippen molar-refractivity contribution in [2.24, 2.45) is 11.3 Å². The summed E-state index contributed by atoms with van der Waals surface area (Å²) in [5.41, 5.74) is 1.47. The fourth-order valence-electron chi connectivity index (χ4n) is 4.94. The first kappa shape index (κ1) is 42.3. The Balaban J connectivity index is 1.30. The number of aryl methyl sites for hydroxylation is 1. The third-order valence-corrected chi connectivity index (χ3v) is 8.37. The minimum Gasteiger partial charge on any atom is -0.494 e. The summed E-state index contributed by atoms with van der Waals surface area (Å²) in [5, 5.41) is 1.84. The van der Waals surface area contributed by atoms with Gasteiger partial charge in [0.1, 0.15) is 36.2 Å². The largest absolute Gasteiger partial charge is 0.494 e. The molecule has 0 aliphatic rings. The van der Waals surface area contributed by atoms with Gasteiger partial charge in [-0.1, -0.05) is 52.1 Å². The Morgan fingerprint density at radius 3 is 2.00 bits per heavy atom. The number of benzene rings is 4. The molecule has 1 unspecified atom stereocenters. The average Bonchev–Trinajstić information content (AvgIpc) is 3.16. The summed E-state index contributed by atoms with van der Waals surface area (Å²) in [5.74, 6) is -1.43. The first-order valence-corrected chi connectivity index (χ1v) is 17.9. The number of carbonyl (C=O) groups excluding carboxylic acids is 5. The lowest BCUT2D eigenvalue weighted by Gasteiger charge is -2.29. The van der Waals surface area contributed by atoms with Crippen molar-refractivity contribution < 1.29 is 52.4 Å². The van der Waals surface area contributed by atoms with Crippen LogP contribution in [0.15, 0.2) is 109 Å². The molecule has 0 bridgehead atoms. The van der Waals surface area contributed by atoms with E-state index in [2.05, 4.69) is 13.2 Å². The predicted molar refractivity (Wildman–Crippen MR) is 211 cm³/mol. The van der Waals surface area contributed by atoms with Crippen LogP contribution in [0.25, 0.3) is 16.8 Å². The van der Waals surface area contributed by atoms with E-state index in [1.165, 1.54) is 43.3 Å². The van der Waals surface area contributed by atoms with Crippen molar-refractivity contribution in [2.45, 2.75) is 48.0 Å². The summed E-state index contributed by atoms with van der Waals surface area (Å²) in [4.78, 5) is 61.2. The molecule has 56 heavy (non-hydrogen) atoms. The smallest absolute Gasteiger partial charge is 0.343 e. The van der Waals surface area contributed by atoms with Gasteiger partial charge < -0.3 is 28.4 Å². The predicted octanol–water partition coefficient (Wildman–Crippen LogP) is 8.56. The van der Waals surface area contributed by atoms with Crippen LogP contribution in [0.4, 0.5) is 0 Å². The Morgan fingerprint density at radius 2 is 1.34 bits per heavy atom. The fourth-order valence-corrected chi connectivity index (χ4v) is 4.94. The summed E-state index contributed by atoms with van der Waals surface area (Å²) in [6, 6.07) is 21.9. The van der Waals surface area contributed by atoms with Crippen molar-refractivity contribution in [3.63, 3.8) is 0 Å². The van der Waals surface area contributed by atoms with Crippen LogP contribution in [-0.4, -0.2) is 49.7 Å². The zero-order chi connectivity index (χ0) is 41.0. The number of esters is 5. The quantitative estimate of drug-likeness (QED) is 0.0580. The molecule has 0 aliphatic heterocycles. The van der Waals surface area contributed by atoms with Gasteiger partial charge in [0, 0.05) is 22.6 Å². The molecule has 0 aromatic heterocycles. The minimum absolute atomic E-state index is 0.0365. The Hall–Kier alpha value is -6.49. The van der Waals surface area contributed by atoms with Gasteiger partial charge in [0.25, 0.3) is 0 Å². The van der Waals surface area contributed by atoms with Crippen molar-refractivity contribution in [3.8, 4) is 23.0 Å². The normalized spacial score (nSPS) is 12.1. The maximum atomic E-state index is 12.7. The van der Waals surface area contributed by atoms with E-state index in [0.29, 0.717) is 23.5 Å². The number of rotatable bonds is 17. The molecule has 1 atom stereocenters. The van der Waals surface area contributed by atoms with Crippen molar-refractivity contribution >= 4 is 46.7 Å². The first-order chi connectivity index (χ1) is 26.5. The number of ether oxygens (including phenoxy) is 6. The number of hydrogen-bond donors (Lipinski definition) is 0. The fraction of sp³-hybridized carbons (Fsp3) is 0.267. The Bertz CT molecular complexity index is 2160. The lowest BCUT2D eigenvalue weighted by molar-refractivity contribution is -0.155. The van der Waals surface area contributed by atoms with E-state index in [9.17, 15) is 24.0 Å². The Kier molecular flexibility index (Phi) is 14.5. The standard InChI is InChI=1S/C45H46O11/c1-28(2)41(47)52-26-45(8,27-53-42(48)29(3)4)21-22-51-37-17-14-34-24-32(9-11-35(34)25-37)10-20-40(46)56-39-19-18-38(23-31(39)7)55-44(50)33-12-15-36(16-13-33)54-43(49)30(5)6/h9-20,23-25,29H,1,5,21-22,26-27H2,2-4,6-8H3/b20-10+. The van der Waals surface area contributed by atoms with E-state index in [-0.39, 0.29) is 59.9 Å². The van der Waals surface area contributed by atoms with Gasteiger partial charge in [-0.15, -0.1) is 0 Å². The lowest BCUT2D eigenvalue weighted by Crippen LogP contribution is -2.34. The molecule has 0 spiro atoms. The van der Waals surface area contributed by atoms with Crippen LogP contribution in [0.5, 0.6) is 23.0 Å². The van der Waals surface area contributed by atoms with Gasteiger partial charge in [0.15, 0.2) is 0 Å². The Labute approximate surface area is 326 Å². The van der Waals surface area contributed by atoms with Gasteiger partial charge in [-0.05, 0) is 116 Å². The van der Waals surface area contributed by atoms with Gasteiger partial charge in [-0.25, -0.2) is 19.2 Å². The van der Waals surface area contributed by atoms with Crippen LogP contribution in [0.2, 0.25) is 0 Å². The van der Waals surface area contributed by atoms with Crippen molar-refractivity contribution in [1.29, 1.82) is 0 Å². The number of fused-ring (bicyclic) bond motifs is 1. The molecular weight excluding hydrogens is 716 g/mol. The molecule has 0 N–H and O–H groups in total. The minimum atomic E-state index is -0.674. The SMILES string of the molecule is C=C(C)C(=O)OCC(C)(CCOc1ccc2cc(/C=C/C(=O)Oc3ccc(OC(=O)c4ccc(OC(=O)C(=C)C)cc4)cc3C)ccc2c1)COC(=O)C(C)C. The maximum Gasteiger partial charge on any atom is 0.343 e. The first-order valence-electron chi connectivity index (χ1n) is 17.9. The molecule has 11 heteroatoms. The maximum absolute atomic E-state index is 12.7. The third kappa shape index (κ3) is 12.5. The van der Waals surface area contributed by atoms with E-state index in [1.54, 1.807) is 45.9 Å². The summed E-state index contributed by atoms with van der Waals surface area (Å²) in [6.07, 6.45) is 3.42. The second kappa shape index (κ2) is 19.2. The van der Waals surface area contributed by atoms with E-state index < -0.39 is 29.3 Å². The highest BCUT2D eigenvalue weighted by Gasteiger charge is 2.29. The molecule has 11 nitrogen and oxygen atoms in total. The van der Waals surface area contributed by atoms with E-state index in [4.69, 9.17) is 28.4 Å². The van der Waals surface area contributed by atoms with Crippen LogP contribution < -0.4 is 18.9 Å². The molecular formula is C45H46O11. The lowest BCUT2D eigenvalue weighted by atomic mass is 9.89. The molecule has 0 amide bonds. The zero-order valence-corrected chi connectivity index (χ0v) is 32.5. The van der Waals surface area contributed by atoms with Gasteiger partial charge in [0.2, 0.25) is 0 Å². The van der Waals surface area contributed by atoms with Gasteiger partial charge in [0.05, 0.1) is 18.1 Å². The topological polar surface area (TPSA) is 141 Å². The molecule has 4 rings (SSSR count). The third-order valence-electron chi connectivity index (χ3n) is 8.37. The van der Waals surface area contributed by atoms with Gasteiger partial charge in [-0.2, -0.15) is 0 Å². The van der Waals surface area contributed by atoms with Crippen molar-refractivity contribution in [1.82, 2.24) is 0 Å². The molecule has 0 radical (unpaired) electrons. The average molecular weight is 763 g/mol. The summed E-state index contributed by atoms with van der Waals surface area (Å²) in [7, 11) is 0. The van der Waals surface area contributed by atoms with Gasteiger partial charge >= 0.3 is 29.8 Å². The second-order valence-electron chi connectivity index (χ2n) is 14.1. The van der Waals surface area contributed by atoms with E-state index >= 15 is 0 Å². The highest BCUT2D eigenvalue weighted by molar-refractivity contribution is 5.93. The van der Waals surface area contributed by atoms with Crippen LogP contribution in [-0.2, 0) is 28.7 Å². The summed E-state index contributed by atoms with van der Waals surface area (Å²) < 4.78 is 33.1. The molecule has 0 aliphatic carbocycles. The highest BCUT2D eigenvalue weighted by atomic mass is 16.6. The summed E-state index contributed by atoms with van der Waals surface area (Å²) in [6.45, 7) is 17.7. The van der Waals surface area contributed by atoms with E-state index in [1.807, 2.05) is 43.3 Å². The highest BCUT2D eigenvalue weighted by Crippen LogP contribution is 2.28. The molecule has 292 valence electrons. The van der Waals surface area contributed by atoms with Crippen LogP contribution >= 0.6 is 0 Å². The molecule has 0 saturated heterocycles. The van der Waals surface area contributed by atoms with Crippen LogP contribution in [0.3, 0.4) is 0 Å². The van der Waals surface area contributed by atoms with Gasteiger partial charge in [-0.3, -0.25) is 4.79 Å². The number of carbonyl (C=O) groups is 5. The molecule has 0 fully saturated rings. The second-order valence-corrected chi connectivity index (χ2v) is 14.1. The number of hydrogen-bond acceptors (Lipinski definition) is 11. The molecule has 4 aromatic carbocycles. The summed E-state index contributed by atoms with van der Waals surface area (Å²) >= 11 is 0. The van der Waals surface area contributed by atoms with Crippen molar-refractivity contribution in [2.75, 3.05) is 19.8 Å². The Morgan fingerprint density at radius 1 is 0.714 bits per heavy atom. The van der Waals surface area contributed by atoms with Crippen LogP contribution in [0, 0.1) is 18.3 Å². The molecule has 4 aromatic rings. The molecule has 0 saturated carbocycles. The van der Waals surface area contributed by atoms with Crippen LogP contribution in [0.1, 0.15) is 62.5 Å². The molecule has 0 heterocycles. The zero-order valence-electron chi connectivity index (χ0n) is 32.5. The monoisotopic (exact) mass is 762 g/mol. The van der Waals surface area contributed by atoms with E-state index in [0.717, 1.165) is 16.3 Å².